The molecular formula is C12H21NO4S. The molecule has 2 atom stereocenters. The maximum atomic E-state index is 11.7. The van der Waals surface area contributed by atoms with E-state index in [-0.39, 0.29) is 22.5 Å². The van der Waals surface area contributed by atoms with Crippen LogP contribution in [0.4, 0.5) is 0 Å². The first-order valence-electron chi connectivity index (χ1n) is 6.52. The summed E-state index contributed by atoms with van der Waals surface area (Å²) >= 11 is 0. The summed E-state index contributed by atoms with van der Waals surface area (Å²) in [6.45, 7) is 6.36. The summed E-state index contributed by atoms with van der Waals surface area (Å²) < 4.78 is 35.3. The van der Waals surface area contributed by atoms with Crippen LogP contribution in [-0.2, 0) is 19.3 Å². The lowest BCUT2D eigenvalue weighted by molar-refractivity contribution is -0.239. The molecule has 3 heterocycles. The Hall–Kier alpha value is -0.170. The van der Waals surface area contributed by atoms with Gasteiger partial charge in [0.25, 0.3) is 0 Å². The Morgan fingerprint density at radius 2 is 2.00 bits per heavy atom. The van der Waals surface area contributed by atoms with Gasteiger partial charge in [0.1, 0.15) is 11.3 Å². The molecule has 3 aliphatic heterocycles. The standard InChI is InChI=1S/C12H21NO4S/c1-10(2)7-13-12(4-6-18(14,15)9-12)17-11(10)3-5-16-8-11/h13H,3-9H2,1-2H3. The van der Waals surface area contributed by atoms with Crippen molar-refractivity contribution in [3.8, 4) is 0 Å². The first-order valence-corrected chi connectivity index (χ1v) is 8.34. The Bertz CT molecular complexity index is 453. The van der Waals surface area contributed by atoms with Gasteiger partial charge in [-0.3, -0.25) is 5.32 Å². The molecule has 3 aliphatic rings. The Balaban J connectivity index is 1.91. The fourth-order valence-electron chi connectivity index (χ4n) is 3.29. The third-order valence-corrected chi connectivity index (χ3v) is 6.46. The van der Waals surface area contributed by atoms with Crippen molar-refractivity contribution < 1.29 is 17.9 Å². The molecule has 0 aromatic rings. The topological polar surface area (TPSA) is 64.6 Å². The molecule has 0 aromatic heterocycles. The highest BCUT2D eigenvalue weighted by Gasteiger charge is 2.59. The van der Waals surface area contributed by atoms with Crippen molar-refractivity contribution in [2.75, 3.05) is 31.3 Å². The quantitative estimate of drug-likeness (QED) is 0.689. The average molecular weight is 275 g/mol. The van der Waals surface area contributed by atoms with Gasteiger partial charge in [-0.25, -0.2) is 8.42 Å². The Kier molecular flexibility index (Phi) is 2.63. The fraction of sp³-hybridized carbons (Fsp3) is 1.00. The third-order valence-electron chi connectivity index (χ3n) is 4.73. The molecule has 0 amide bonds. The average Bonchev–Trinajstić information content (AvgIpc) is 2.82. The van der Waals surface area contributed by atoms with Gasteiger partial charge >= 0.3 is 0 Å². The predicted octanol–water partition coefficient (Wildman–Crippen LogP) is 0.306. The van der Waals surface area contributed by atoms with Gasteiger partial charge in [0.2, 0.25) is 0 Å². The highest BCUT2D eigenvalue weighted by Crippen LogP contribution is 2.47. The van der Waals surface area contributed by atoms with Gasteiger partial charge in [-0.2, -0.15) is 0 Å². The Morgan fingerprint density at radius 1 is 1.22 bits per heavy atom. The molecule has 3 fully saturated rings. The number of hydrogen-bond donors (Lipinski definition) is 1. The van der Waals surface area contributed by atoms with Gasteiger partial charge in [0, 0.05) is 31.4 Å². The van der Waals surface area contributed by atoms with E-state index >= 15 is 0 Å². The number of nitrogens with one attached hydrogen (secondary N) is 1. The van der Waals surface area contributed by atoms with E-state index in [2.05, 4.69) is 19.2 Å². The van der Waals surface area contributed by atoms with Gasteiger partial charge in [0.15, 0.2) is 9.84 Å². The van der Waals surface area contributed by atoms with E-state index in [1.54, 1.807) is 0 Å². The first kappa shape index (κ1) is 12.8. The van der Waals surface area contributed by atoms with E-state index in [4.69, 9.17) is 9.47 Å². The number of hydrogen-bond acceptors (Lipinski definition) is 5. The fourth-order valence-corrected chi connectivity index (χ4v) is 5.09. The largest absolute Gasteiger partial charge is 0.378 e. The summed E-state index contributed by atoms with van der Waals surface area (Å²) in [5, 5.41) is 3.33. The zero-order valence-corrected chi connectivity index (χ0v) is 11.8. The second kappa shape index (κ2) is 3.69. The van der Waals surface area contributed by atoms with E-state index in [0.717, 1.165) is 13.0 Å². The first-order chi connectivity index (χ1) is 8.29. The smallest absolute Gasteiger partial charge is 0.154 e. The Labute approximate surface area is 108 Å². The van der Waals surface area contributed by atoms with Crippen molar-refractivity contribution in [3.63, 3.8) is 0 Å². The molecule has 0 bridgehead atoms. The maximum absolute atomic E-state index is 11.7. The molecule has 104 valence electrons. The lowest BCUT2D eigenvalue weighted by atomic mass is 9.72. The molecule has 0 aliphatic carbocycles. The monoisotopic (exact) mass is 275 g/mol. The van der Waals surface area contributed by atoms with Crippen LogP contribution in [0.15, 0.2) is 0 Å². The molecular weight excluding hydrogens is 254 g/mol. The number of sulfone groups is 1. The second-order valence-electron chi connectivity index (χ2n) is 6.47. The minimum Gasteiger partial charge on any atom is -0.378 e. The predicted molar refractivity (Wildman–Crippen MR) is 67.0 cm³/mol. The van der Waals surface area contributed by atoms with Crippen LogP contribution >= 0.6 is 0 Å². The molecule has 3 saturated heterocycles. The van der Waals surface area contributed by atoms with Crippen LogP contribution < -0.4 is 5.32 Å². The van der Waals surface area contributed by atoms with Crippen molar-refractivity contribution in [2.45, 2.75) is 38.0 Å². The van der Waals surface area contributed by atoms with Crippen molar-refractivity contribution in [1.29, 1.82) is 0 Å². The van der Waals surface area contributed by atoms with Crippen LogP contribution in [0.5, 0.6) is 0 Å². The molecule has 1 N–H and O–H groups in total. The zero-order chi connectivity index (χ0) is 13.1. The van der Waals surface area contributed by atoms with E-state index in [9.17, 15) is 8.42 Å². The molecule has 2 unspecified atom stereocenters. The van der Waals surface area contributed by atoms with Crippen molar-refractivity contribution in [3.05, 3.63) is 0 Å². The highest BCUT2D eigenvalue weighted by atomic mass is 32.2. The number of rotatable bonds is 0. The summed E-state index contributed by atoms with van der Waals surface area (Å²) in [7, 11) is -2.97. The number of ether oxygens (including phenoxy) is 2. The summed E-state index contributed by atoms with van der Waals surface area (Å²) in [5.41, 5.74) is -1.05. The molecule has 0 radical (unpaired) electrons. The lowest BCUT2D eigenvalue weighted by Gasteiger charge is -2.53. The van der Waals surface area contributed by atoms with Crippen molar-refractivity contribution in [1.82, 2.24) is 5.32 Å². The van der Waals surface area contributed by atoms with E-state index in [0.29, 0.717) is 19.6 Å². The molecule has 6 heteroatoms. The molecule has 0 saturated carbocycles. The van der Waals surface area contributed by atoms with Crippen LogP contribution in [0.2, 0.25) is 0 Å². The van der Waals surface area contributed by atoms with Crippen LogP contribution in [0.25, 0.3) is 0 Å². The van der Waals surface area contributed by atoms with E-state index in [1.165, 1.54) is 0 Å². The van der Waals surface area contributed by atoms with Crippen LogP contribution in [0.1, 0.15) is 26.7 Å². The second-order valence-corrected chi connectivity index (χ2v) is 8.66. The summed E-state index contributed by atoms with van der Waals surface area (Å²) in [4.78, 5) is 0. The van der Waals surface area contributed by atoms with E-state index in [1.807, 2.05) is 0 Å². The third kappa shape index (κ3) is 1.81. The minimum absolute atomic E-state index is 0.0406. The molecule has 0 aromatic carbocycles. The van der Waals surface area contributed by atoms with Crippen LogP contribution in [0, 0.1) is 5.41 Å². The molecule has 18 heavy (non-hydrogen) atoms. The van der Waals surface area contributed by atoms with Gasteiger partial charge in [-0.05, 0) is 0 Å². The van der Waals surface area contributed by atoms with Crippen LogP contribution in [-0.4, -0.2) is 51.0 Å². The summed E-state index contributed by atoms with van der Waals surface area (Å²) in [5.74, 6) is 0.315. The SMILES string of the molecule is CC1(C)CNC2(CCS(=O)(=O)C2)OC12CCOC2. The van der Waals surface area contributed by atoms with Crippen molar-refractivity contribution >= 4 is 9.84 Å². The molecule has 3 rings (SSSR count). The maximum Gasteiger partial charge on any atom is 0.154 e. The highest BCUT2D eigenvalue weighted by molar-refractivity contribution is 7.91. The van der Waals surface area contributed by atoms with Gasteiger partial charge < -0.3 is 9.47 Å². The lowest BCUT2D eigenvalue weighted by Crippen LogP contribution is -2.68. The normalized spacial score (nSPS) is 45.9. The van der Waals surface area contributed by atoms with Crippen LogP contribution in [0.3, 0.4) is 0 Å². The molecule has 5 nitrogen and oxygen atoms in total. The summed E-state index contributed by atoms with van der Waals surface area (Å²) in [6.07, 6.45) is 1.40. The van der Waals surface area contributed by atoms with Crippen molar-refractivity contribution in [2.24, 2.45) is 5.41 Å². The van der Waals surface area contributed by atoms with E-state index < -0.39 is 15.6 Å². The minimum atomic E-state index is -2.97. The Morgan fingerprint density at radius 3 is 2.56 bits per heavy atom. The van der Waals surface area contributed by atoms with Gasteiger partial charge in [-0.1, -0.05) is 13.8 Å². The van der Waals surface area contributed by atoms with Gasteiger partial charge in [0.05, 0.1) is 18.1 Å². The summed E-state index contributed by atoms with van der Waals surface area (Å²) in [6, 6.07) is 0. The molecule has 2 spiro atoms. The zero-order valence-electron chi connectivity index (χ0n) is 11.0. The van der Waals surface area contributed by atoms with Gasteiger partial charge in [-0.15, -0.1) is 0 Å².